The molecule has 0 aromatic carbocycles. The lowest BCUT2D eigenvalue weighted by Gasteiger charge is -2.39. The van der Waals surface area contributed by atoms with Crippen molar-refractivity contribution in [3.05, 3.63) is 0 Å². The third-order valence-electron chi connectivity index (χ3n) is 2.33. The van der Waals surface area contributed by atoms with Crippen LogP contribution in [0.2, 0.25) is 0 Å². The van der Waals surface area contributed by atoms with Crippen LogP contribution in [0.15, 0.2) is 0 Å². The molecule has 6 heteroatoms. The summed E-state index contributed by atoms with van der Waals surface area (Å²) in [6.45, 7) is 1.84. The molecule has 0 spiro atoms. The average Bonchev–Trinajstić information content (AvgIpc) is 2.25. The van der Waals surface area contributed by atoms with E-state index in [4.69, 9.17) is 14.6 Å². The van der Waals surface area contributed by atoms with Crippen molar-refractivity contribution in [2.75, 3.05) is 13.2 Å². The number of aliphatic hydroxyl groups excluding tert-OH is 4. The minimum absolute atomic E-state index is 0.378. The van der Waals surface area contributed by atoms with Crippen LogP contribution in [0, 0.1) is 0 Å². The Morgan fingerprint density at radius 3 is 2.33 bits per heavy atom. The van der Waals surface area contributed by atoms with Crippen molar-refractivity contribution < 1.29 is 29.9 Å². The van der Waals surface area contributed by atoms with Gasteiger partial charge in [-0.2, -0.15) is 0 Å². The smallest absolute Gasteiger partial charge is 0.186 e. The van der Waals surface area contributed by atoms with Crippen molar-refractivity contribution in [2.45, 2.75) is 44.1 Å². The molecule has 15 heavy (non-hydrogen) atoms. The normalized spacial score (nSPS) is 41.8. The molecule has 2 unspecified atom stereocenters. The van der Waals surface area contributed by atoms with Gasteiger partial charge in [0.15, 0.2) is 6.29 Å². The fourth-order valence-electron chi connectivity index (χ4n) is 1.44. The Kier molecular flexibility index (Phi) is 4.91. The highest BCUT2D eigenvalue weighted by Crippen LogP contribution is 2.21. The molecule has 1 saturated heterocycles. The predicted octanol–water partition coefficient (Wildman–Crippen LogP) is -1.79. The second-order valence-corrected chi connectivity index (χ2v) is 3.57. The minimum atomic E-state index is -1.36. The van der Waals surface area contributed by atoms with Crippen molar-refractivity contribution in [3.63, 3.8) is 0 Å². The van der Waals surface area contributed by atoms with Gasteiger partial charge in [0, 0.05) is 6.61 Å². The molecule has 0 aromatic rings. The van der Waals surface area contributed by atoms with Gasteiger partial charge in [-0.3, -0.25) is 0 Å². The van der Waals surface area contributed by atoms with E-state index in [0.717, 1.165) is 6.42 Å². The van der Waals surface area contributed by atoms with Crippen LogP contribution in [0.5, 0.6) is 0 Å². The standard InChI is InChI=1S/C9H18O6/c1-2-3-14-9-8(13)7(12)6(11)5(4-10)15-9/h5-13H,2-4H2,1H3/t5?,6-,7+,8?,9-/m1/s1. The summed E-state index contributed by atoms with van der Waals surface area (Å²) < 4.78 is 10.2. The summed E-state index contributed by atoms with van der Waals surface area (Å²) in [5, 5.41) is 37.2. The van der Waals surface area contributed by atoms with Gasteiger partial charge in [0.1, 0.15) is 24.4 Å². The highest BCUT2D eigenvalue weighted by molar-refractivity contribution is 4.88. The monoisotopic (exact) mass is 222 g/mol. The fraction of sp³-hybridized carbons (Fsp3) is 1.00. The van der Waals surface area contributed by atoms with E-state index >= 15 is 0 Å². The maximum absolute atomic E-state index is 9.51. The van der Waals surface area contributed by atoms with Crippen molar-refractivity contribution >= 4 is 0 Å². The van der Waals surface area contributed by atoms with Crippen LogP contribution in [-0.4, -0.2) is 64.3 Å². The second kappa shape index (κ2) is 5.74. The van der Waals surface area contributed by atoms with E-state index < -0.39 is 37.3 Å². The molecule has 0 saturated carbocycles. The van der Waals surface area contributed by atoms with Gasteiger partial charge in [0.2, 0.25) is 0 Å². The molecule has 4 N–H and O–H groups in total. The summed E-state index contributed by atoms with van der Waals surface area (Å²) in [4.78, 5) is 0. The van der Waals surface area contributed by atoms with Crippen molar-refractivity contribution in [3.8, 4) is 0 Å². The summed E-state index contributed by atoms with van der Waals surface area (Å²) >= 11 is 0. The molecule has 6 nitrogen and oxygen atoms in total. The summed E-state index contributed by atoms with van der Waals surface area (Å²) in [5.74, 6) is 0. The van der Waals surface area contributed by atoms with E-state index in [0.29, 0.717) is 6.61 Å². The van der Waals surface area contributed by atoms with Gasteiger partial charge in [-0.15, -0.1) is 0 Å². The molecule has 5 atom stereocenters. The molecule has 90 valence electrons. The third kappa shape index (κ3) is 2.87. The lowest BCUT2D eigenvalue weighted by atomic mass is 9.99. The zero-order valence-corrected chi connectivity index (χ0v) is 8.61. The van der Waals surface area contributed by atoms with Gasteiger partial charge in [0.05, 0.1) is 6.61 Å². The van der Waals surface area contributed by atoms with Gasteiger partial charge in [-0.1, -0.05) is 6.92 Å². The highest BCUT2D eigenvalue weighted by Gasteiger charge is 2.43. The van der Waals surface area contributed by atoms with Crippen LogP contribution < -0.4 is 0 Å². The number of hydrogen-bond donors (Lipinski definition) is 4. The Labute approximate surface area is 88.1 Å². The first-order chi connectivity index (χ1) is 7.11. The first-order valence-corrected chi connectivity index (χ1v) is 5.04. The lowest BCUT2D eigenvalue weighted by Crippen LogP contribution is -2.59. The lowest BCUT2D eigenvalue weighted by molar-refractivity contribution is -0.300. The van der Waals surface area contributed by atoms with Crippen molar-refractivity contribution in [2.24, 2.45) is 0 Å². The molecule has 0 aliphatic carbocycles. The van der Waals surface area contributed by atoms with Crippen molar-refractivity contribution in [1.82, 2.24) is 0 Å². The summed E-state index contributed by atoms with van der Waals surface area (Å²) in [6, 6.07) is 0. The highest BCUT2D eigenvalue weighted by atomic mass is 16.7. The van der Waals surface area contributed by atoms with Crippen LogP contribution in [0.25, 0.3) is 0 Å². The van der Waals surface area contributed by atoms with E-state index in [1.54, 1.807) is 0 Å². The molecule has 1 aliphatic rings. The molecule has 1 aliphatic heterocycles. The van der Waals surface area contributed by atoms with Crippen LogP contribution in [0.1, 0.15) is 13.3 Å². The maximum Gasteiger partial charge on any atom is 0.186 e. The van der Waals surface area contributed by atoms with E-state index in [-0.39, 0.29) is 0 Å². The Balaban J connectivity index is 2.57. The van der Waals surface area contributed by atoms with E-state index in [9.17, 15) is 15.3 Å². The Morgan fingerprint density at radius 1 is 1.13 bits per heavy atom. The van der Waals surface area contributed by atoms with E-state index in [2.05, 4.69) is 0 Å². The first kappa shape index (κ1) is 12.8. The van der Waals surface area contributed by atoms with E-state index in [1.807, 2.05) is 6.92 Å². The van der Waals surface area contributed by atoms with E-state index in [1.165, 1.54) is 0 Å². The van der Waals surface area contributed by atoms with Crippen LogP contribution in [0.4, 0.5) is 0 Å². The molecule has 0 amide bonds. The molecular formula is C9H18O6. The third-order valence-corrected chi connectivity index (χ3v) is 2.33. The molecule has 1 fully saturated rings. The van der Waals surface area contributed by atoms with Gasteiger partial charge >= 0.3 is 0 Å². The van der Waals surface area contributed by atoms with Crippen LogP contribution in [-0.2, 0) is 9.47 Å². The Hall–Kier alpha value is -0.240. The predicted molar refractivity (Wildman–Crippen MR) is 50.0 cm³/mol. The Morgan fingerprint density at radius 2 is 1.80 bits per heavy atom. The Bertz CT molecular complexity index is 185. The molecule has 1 rings (SSSR count). The van der Waals surface area contributed by atoms with Gasteiger partial charge in [0.25, 0.3) is 0 Å². The van der Waals surface area contributed by atoms with Gasteiger partial charge < -0.3 is 29.9 Å². The van der Waals surface area contributed by atoms with Crippen LogP contribution in [0.3, 0.4) is 0 Å². The van der Waals surface area contributed by atoms with Gasteiger partial charge in [-0.25, -0.2) is 0 Å². The number of hydrogen-bond acceptors (Lipinski definition) is 6. The van der Waals surface area contributed by atoms with Gasteiger partial charge in [-0.05, 0) is 6.42 Å². The zero-order valence-electron chi connectivity index (χ0n) is 8.61. The second-order valence-electron chi connectivity index (χ2n) is 3.57. The molecular weight excluding hydrogens is 204 g/mol. The largest absolute Gasteiger partial charge is 0.394 e. The molecule has 0 bridgehead atoms. The maximum atomic E-state index is 9.51. The number of rotatable bonds is 4. The summed E-state index contributed by atoms with van der Waals surface area (Å²) in [5.41, 5.74) is 0. The number of ether oxygens (including phenoxy) is 2. The summed E-state index contributed by atoms with van der Waals surface area (Å²) in [6.07, 6.45) is -5.14. The zero-order chi connectivity index (χ0) is 11.4. The minimum Gasteiger partial charge on any atom is -0.394 e. The average molecular weight is 222 g/mol. The summed E-state index contributed by atoms with van der Waals surface area (Å²) in [7, 11) is 0. The first-order valence-electron chi connectivity index (χ1n) is 5.04. The quantitative estimate of drug-likeness (QED) is 0.448. The van der Waals surface area contributed by atoms with Crippen LogP contribution >= 0.6 is 0 Å². The number of aliphatic hydroxyl groups is 4. The fourth-order valence-corrected chi connectivity index (χ4v) is 1.44. The molecule has 0 radical (unpaired) electrons. The topological polar surface area (TPSA) is 99.4 Å². The van der Waals surface area contributed by atoms with Crippen molar-refractivity contribution in [1.29, 1.82) is 0 Å². The molecule has 1 heterocycles. The SMILES string of the molecule is CCCO[C@@H]1OC(CO)[C@@H](O)[C@H](O)C1O. The molecule has 0 aromatic heterocycles.